The molecule has 3 rings (SSSR count). The van der Waals surface area contributed by atoms with Crippen LogP contribution in [-0.2, 0) is 4.74 Å². The van der Waals surface area contributed by atoms with E-state index in [2.05, 4.69) is 40.8 Å². The zero-order valence-electron chi connectivity index (χ0n) is 15.0. The lowest BCUT2D eigenvalue weighted by atomic mass is 9.90. The van der Waals surface area contributed by atoms with E-state index in [1.165, 1.54) is 0 Å². The van der Waals surface area contributed by atoms with Crippen molar-refractivity contribution in [1.29, 1.82) is 0 Å². The third-order valence-electron chi connectivity index (χ3n) is 5.66. The van der Waals surface area contributed by atoms with Gasteiger partial charge in [0.05, 0.1) is 18.3 Å². The summed E-state index contributed by atoms with van der Waals surface area (Å²) in [5.41, 5.74) is 0. The van der Waals surface area contributed by atoms with Crippen LogP contribution >= 0.6 is 0 Å². The van der Waals surface area contributed by atoms with Crippen molar-refractivity contribution in [2.24, 2.45) is 5.92 Å². The van der Waals surface area contributed by atoms with Gasteiger partial charge in [0.1, 0.15) is 0 Å². The van der Waals surface area contributed by atoms with Crippen LogP contribution in [0.4, 0.5) is 0 Å². The van der Waals surface area contributed by atoms with Crippen LogP contribution in [0.1, 0.15) is 19.8 Å². The molecule has 0 aromatic heterocycles. The lowest BCUT2D eigenvalue weighted by molar-refractivity contribution is -0.182. The summed E-state index contributed by atoms with van der Waals surface area (Å²) in [6.07, 6.45) is 2.31. The molecule has 3 atom stereocenters. The maximum Gasteiger partial charge on any atom is 0.0860 e. The summed E-state index contributed by atoms with van der Waals surface area (Å²) in [7, 11) is 4.34. The fraction of sp³-hybridized carbons (Fsp3) is 1.00. The molecule has 0 aromatic rings. The number of hydrazine groups is 1. The lowest BCUT2D eigenvalue weighted by Gasteiger charge is -2.49. The Morgan fingerprint density at radius 1 is 0.957 bits per heavy atom. The SMILES string of the molecule is CC(CC1CN(C)CCC1O)OC1CN(N2CCN(C)CC2)C1. The molecule has 23 heavy (non-hydrogen) atoms. The van der Waals surface area contributed by atoms with E-state index in [9.17, 15) is 5.11 Å². The fourth-order valence-electron chi connectivity index (χ4n) is 4.06. The summed E-state index contributed by atoms with van der Waals surface area (Å²) < 4.78 is 6.21. The van der Waals surface area contributed by atoms with Gasteiger partial charge in [0.2, 0.25) is 0 Å². The van der Waals surface area contributed by atoms with Crippen LogP contribution in [0.5, 0.6) is 0 Å². The van der Waals surface area contributed by atoms with Crippen LogP contribution in [0.2, 0.25) is 0 Å². The van der Waals surface area contributed by atoms with Crippen molar-refractivity contribution in [3.8, 4) is 0 Å². The molecule has 3 saturated heterocycles. The van der Waals surface area contributed by atoms with E-state index < -0.39 is 0 Å². The van der Waals surface area contributed by atoms with Crippen molar-refractivity contribution in [3.63, 3.8) is 0 Å². The van der Waals surface area contributed by atoms with Gasteiger partial charge in [-0.25, -0.2) is 10.0 Å². The standard InChI is InChI=1S/C17H34N4O2/c1-14(10-15-11-19(3)5-4-17(15)22)23-16-12-21(13-16)20-8-6-18(2)7-9-20/h14-17,22H,4-13H2,1-3H3. The second-order valence-corrected chi connectivity index (χ2v) is 7.81. The van der Waals surface area contributed by atoms with Crippen molar-refractivity contribution >= 4 is 0 Å². The van der Waals surface area contributed by atoms with Crippen molar-refractivity contribution in [1.82, 2.24) is 19.8 Å². The minimum absolute atomic E-state index is 0.152. The number of likely N-dealkylation sites (tertiary alicyclic amines) is 1. The summed E-state index contributed by atoms with van der Waals surface area (Å²) >= 11 is 0. The summed E-state index contributed by atoms with van der Waals surface area (Å²) in [4.78, 5) is 4.71. The van der Waals surface area contributed by atoms with Crippen LogP contribution in [0.3, 0.4) is 0 Å². The van der Waals surface area contributed by atoms with E-state index in [0.717, 1.165) is 65.2 Å². The number of aliphatic hydroxyl groups excluding tert-OH is 1. The third kappa shape index (κ3) is 4.65. The Morgan fingerprint density at radius 2 is 1.65 bits per heavy atom. The first-order valence-electron chi connectivity index (χ1n) is 9.21. The second kappa shape index (κ2) is 7.76. The summed E-state index contributed by atoms with van der Waals surface area (Å²) in [5.74, 6) is 0.359. The van der Waals surface area contributed by atoms with E-state index in [-0.39, 0.29) is 12.2 Å². The topological polar surface area (TPSA) is 42.4 Å². The number of piperazine rings is 1. The largest absolute Gasteiger partial charge is 0.393 e. The number of ether oxygens (including phenoxy) is 1. The van der Waals surface area contributed by atoms with E-state index >= 15 is 0 Å². The molecule has 0 bridgehead atoms. The maximum absolute atomic E-state index is 10.2. The summed E-state index contributed by atoms with van der Waals surface area (Å²) in [6.45, 7) is 10.8. The predicted molar refractivity (Wildman–Crippen MR) is 91.2 cm³/mol. The van der Waals surface area contributed by atoms with Crippen LogP contribution in [0.15, 0.2) is 0 Å². The number of hydrogen-bond donors (Lipinski definition) is 1. The molecule has 0 saturated carbocycles. The zero-order valence-corrected chi connectivity index (χ0v) is 15.0. The second-order valence-electron chi connectivity index (χ2n) is 7.81. The molecule has 3 fully saturated rings. The normalized spacial score (nSPS) is 34.4. The van der Waals surface area contributed by atoms with Crippen molar-refractivity contribution < 1.29 is 9.84 Å². The van der Waals surface area contributed by atoms with Gasteiger partial charge < -0.3 is 19.6 Å². The molecule has 3 aliphatic heterocycles. The average Bonchev–Trinajstić information content (AvgIpc) is 2.47. The smallest absolute Gasteiger partial charge is 0.0860 e. The van der Waals surface area contributed by atoms with E-state index in [1.54, 1.807) is 0 Å². The van der Waals surface area contributed by atoms with Crippen LogP contribution < -0.4 is 0 Å². The first-order valence-corrected chi connectivity index (χ1v) is 9.21. The highest BCUT2D eigenvalue weighted by molar-refractivity contribution is 4.84. The van der Waals surface area contributed by atoms with E-state index in [1.807, 2.05) is 0 Å². The van der Waals surface area contributed by atoms with Gasteiger partial charge in [0, 0.05) is 58.3 Å². The summed E-state index contributed by atoms with van der Waals surface area (Å²) in [5, 5.41) is 15.1. The summed E-state index contributed by atoms with van der Waals surface area (Å²) in [6, 6.07) is 0. The van der Waals surface area contributed by atoms with Gasteiger partial charge in [-0.05, 0) is 33.9 Å². The van der Waals surface area contributed by atoms with Gasteiger partial charge in [0.15, 0.2) is 0 Å². The number of likely N-dealkylation sites (N-methyl/N-ethyl adjacent to an activating group) is 1. The Kier molecular flexibility index (Phi) is 5.93. The van der Waals surface area contributed by atoms with E-state index in [4.69, 9.17) is 4.74 Å². The number of rotatable bonds is 5. The average molecular weight is 326 g/mol. The van der Waals surface area contributed by atoms with Gasteiger partial charge in [0.25, 0.3) is 0 Å². The van der Waals surface area contributed by atoms with Crippen LogP contribution in [0, 0.1) is 5.92 Å². The number of aliphatic hydroxyl groups is 1. The minimum Gasteiger partial charge on any atom is -0.393 e. The Morgan fingerprint density at radius 3 is 2.35 bits per heavy atom. The van der Waals surface area contributed by atoms with Gasteiger partial charge >= 0.3 is 0 Å². The van der Waals surface area contributed by atoms with Crippen LogP contribution in [-0.4, -0.2) is 110 Å². The van der Waals surface area contributed by atoms with Crippen molar-refractivity contribution in [2.45, 2.75) is 38.1 Å². The maximum atomic E-state index is 10.2. The molecule has 134 valence electrons. The third-order valence-corrected chi connectivity index (χ3v) is 5.66. The van der Waals surface area contributed by atoms with Crippen molar-refractivity contribution in [3.05, 3.63) is 0 Å². The Labute approximate surface area is 140 Å². The monoisotopic (exact) mass is 326 g/mol. The quantitative estimate of drug-likeness (QED) is 0.764. The molecule has 3 unspecified atom stereocenters. The lowest BCUT2D eigenvalue weighted by Crippen LogP contribution is -2.63. The fourth-order valence-corrected chi connectivity index (χ4v) is 4.06. The predicted octanol–water partition coefficient (Wildman–Crippen LogP) is -0.0592. The molecule has 3 heterocycles. The molecule has 0 amide bonds. The highest BCUT2D eigenvalue weighted by Crippen LogP contribution is 2.24. The van der Waals surface area contributed by atoms with E-state index in [0.29, 0.717) is 12.0 Å². The molecule has 6 nitrogen and oxygen atoms in total. The molecule has 0 aromatic carbocycles. The highest BCUT2D eigenvalue weighted by atomic mass is 16.5. The molecule has 3 aliphatic rings. The number of hydrogen-bond acceptors (Lipinski definition) is 6. The zero-order chi connectivity index (χ0) is 16.4. The first kappa shape index (κ1) is 17.6. The Hall–Kier alpha value is -0.240. The molecule has 1 N–H and O–H groups in total. The Bertz CT molecular complexity index is 370. The van der Waals surface area contributed by atoms with Gasteiger partial charge in [-0.2, -0.15) is 0 Å². The number of piperidine rings is 1. The molecule has 0 aliphatic carbocycles. The Balaban J connectivity index is 1.34. The number of nitrogens with zero attached hydrogens (tertiary/aromatic N) is 4. The van der Waals surface area contributed by atoms with Gasteiger partial charge in [-0.3, -0.25) is 0 Å². The molecular formula is C17H34N4O2. The molecule has 0 radical (unpaired) electrons. The van der Waals surface area contributed by atoms with Crippen LogP contribution in [0.25, 0.3) is 0 Å². The van der Waals surface area contributed by atoms with Crippen molar-refractivity contribution in [2.75, 3.05) is 66.5 Å². The highest BCUT2D eigenvalue weighted by Gasteiger charge is 2.35. The molecule has 6 heteroatoms. The van der Waals surface area contributed by atoms with Gasteiger partial charge in [-0.15, -0.1) is 0 Å². The first-order chi connectivity index (χ1) is 11.0. The minimum atomic E-state index is -0.152. The molecular weight excluding hydrogens is 292 g/mol. The molecule has 0 spiro atoms. The van der Waals surface area contributed by atoms with Gasteiger partial charge in [-0.1, -0.05) is 0 Å².